The summed E-state index contributed by atoms with van der Waals surface area (Å²) in [5.74, 6) is 2.96. The predicted octanol–water partition coefficient (Wildman–Crippen LogP) is 3.47. The number of carbonyl (C=O) groups excluding carboxylic acids is 1. The van der Waals surface area contributed by atoms with Crippen LogP contribution in [0.15, 0.2) is 34.9 Å². The Hall–Kier alpha value is -2.50. The maximum absolute atomic E-state index is 12.5. The van der Waals surface area contributed by atoms with E-state index in [1.165, 1.54) is 0 Å². The van der Waals surface area contributed by atoms with E-state index in [0.717, 1.165) is 55.4 Å². The number of pyridine rings is 1. The molecule has 2 aromatic heterocycles. The molecule has 1 fully saturated rings. The van der Waals surface area contributed by atoms with E-state index in [2.05, 4.69) is 16.4 Å². The van der Waals surface area contributed by atoms with Crippen LogP contribution in [0.2, 0.25) is 0 Å². The zero-order valence-corrected chi connectivity index (χ0v) is 16.6. The van der Waals surface area contributed by atoms with Crippen molar-refractivity contribution in [3.8, 4) is 0 Å². The van der Waals surface area contributed by atoms with Crippen molar-refractivity contribution in [2.24, 2.45) is 0 Å². The number of aryl methyl sites for hydroxylation is 2. The number of rotatable bonds is 6. The van der Waals surface area contributed by atoms with Gasteiger partial charge < -0.3 is 19.5 Å². The van der Waals surface area contributed by atoms with E-state index in [9.17, 15) is 4.79 Å². The van der Waals surface area contributed by atoms with Crippen molar-refractivity contribution >= 4 is 17.4 Å². The molecule has 0 aromatic carbocycles. The molecular formula is C21H30N4O2. The van der Waals surface area contributed by atoms with Crippen molar-refractivity contribution in [3.63, 3.8) is 0 Å². The van der Waals surface area contributed by atoms with Gasteiger partial charge in [0.15, 0.2) is 0 Å². The van der Waals surface area contributed by atoms with E-state index < -0.39 is 0 Å². The van der Waals surface area contributed by atoms with Crippen LogP contribution in [0.4, 0.5) is 11.5 Å². The first-order valence-corrected chi connectivity index (χ1v) is 9.74. The van der Waals surface area contributed by atoms with Crippen molar-refractivity contribution in [1.82, 2.24) is 9.88 Å². The van der Waals surface area contributed by atoms with Gasteiger partial charge in [-0.3, -0.25) is 4.79 Å². The molecule has 0 bridgehead atoms. The number of hydrogen-bond acceptors (Lipinski definition) is 5. The quantitative estimate of drug-likeness (QED) is 0.844. The first-order chi connectivity index (χ1) is 13.0. The molecule has 1 saturated heterocycles. The molecule has 0 radical (unpaired) electrons. The number of nitrogens with zero attached hydrogens (tertiary/aromatic N) is 3. The van der Waals surface area contributed by atoms with Crippen LogP contribution in [0, 0.1) is 6.92 Å². The van der Waals surface area contributed by atoms with Crippen molar-refractivity contribution in [3.05, 3.63) is 42.0 Å². The van der Waals surface area contributed by atoms with Crippen LogP contribution in [0.1, 0.15) is 37.2 Å². The second kappa shape index (κ2) is 8.93. The average Bonchev–Trinajstić information content (AvgIpc) is 2.93. The fourth-order valence-corrected chi connectivity index (χ4v) is 3.47. The zero-order valence-electron chi connectivity index (χ0n) is 16.6. The minimum atomic E-state index is 0.224. The molecule has 27 heavy (non-hydrogen) atoms. The van der Waals surface area contributed by atoms with Gasteiger partial charge in [0.05, 0.1) is 11.9 Å². The Morgan fingerprint density at radius 1 is 1.26 bits per heavy atom. The molecule has 0 aliphatic carbocycles. The molecule has 1 aliphatic rings. The zero-order chi connectivity index (χ0) is 19.2. The Bertz CT molecular complexity index is 739. The number of nitrogens with one attached hydrogen (secondary N) is 1. The molecule has 1 atom stereocenters. The first kappa shape index (κ1) is 19.3. The van der Waals surface area contributed by atoms with Crippen LogP contribution in [-0.4, -0.2) is 49.0 Å². The molecule has 2 aromatic rings. The highest BCUT2D eigenvalue weighted by Gasteiger charge is 2.20. The monoisotopic (exact) mass is 370 g/mol. The SMILES string of the molecule is Cc1ccc(CCC(=O)N2CCCC(Nc3ccc(N(C)C)nc3)CC2)o1. The van der Waals surface area contributed by atoms with Crippen LogP contribution >= 0.6 is 0 Å². The molecular weight excluding hydrogens is 340 g/mol. The van der Waals surface area contributed by atoms with Gasteiger partial charge in [0.2, 0.25) is 5.91 Å². The molecule has 1 unspecified atom stereocenters. The summed E-state index contributed by atoms with van der Waals surface area (Å²) >= 11 is 0. The van der Waals surface area contributed by atoms with Gasteiger partial charge in [-0.25, -0.2) is 4.98 Å². The lowest BCUT2D eigenvalue weighted by Crippen LogP contribution is -2.32. The summed E-state index contributed by atoms with van der Waals surface area (Å²) in [5, 5.41) is 3.57. The Balaban J connectivity index is 1.47. The van der Waals surface area contributed by atoms with Gasteiger partial charge in [-0.15, -0.1) is 0 Å². The fourth-order valence-electron chi connectivity index (χ4n) is 3.47. The fraction of sp³-hybridized carbons (Fsp3) is 0.524. The average molecular weight is 370 g/mol. The maximum atomic E-state index is 12.5. The van der Waals surface area contributed by atoms with Gasteiger partial charge >= 0.3 is 0 Å². The summed E-state index contributed by atoms with van der Waals surface area (Å²) in [5.41, 5.74) is 1.04. The van der Waals surface area contributed by atoms with Crippen molar-refractivity contribution in [1.29, 1.82) is 0 Å². The summed E-state index contributed by atoms with van der Waals surface area (Å²) in [6.45, 7) is 3.57. The van der Waals surface area contributed by atoms with E-state index >= 15 is 0 Å². The summed E-state index contributed by atoms with van der Waals surface area (Å²) < 4.78 is 5.56. The van der Waals surface area contributed by atoms with Crippen molar-refractivity contribution in [2.45, 2.75) is 45.1 Å². The van der Waals surface area contributed by atoms with Crippen molar-refractivity contribution in [2.75, 3.05) is 37.4 Å². The maximum Gasteiger partial charge on any atom is 0.223 e. The van der Waals surface area contributed by atoms with E-state index in [4.69, 9.17) is 4.42 Å². The Morgan fingerprint density at radius 2 is 2.11 bits per heavy atom. The Morgan fingerprint density at radius 3 is 2.78 bits per heavy atom. The van der Waals surface area contributed by atoms with Gasteiger partial charge in [0.25, 0.3) is 0 Å². The molecule has 6 heteroatoms. The van der Waals surface area contributed by atoms with E-state index in [1.807, 2.05) is 55.2 Å². The van der Waals surface area contributed by atoms with Gasteiger partial charge in [-0.05, 0) is 50.5 Å². The summed E-state index contributed by atoms with van der Waals surface area (Å²) in [7, 11) is 3.97. The third-order valence-corrected chi connectivity index (χ3v) is 5.04. The summed E-state index contributed by atoms with van der Waals surface area (Å²) in [6.07, 6.45) is 6.12. The van der Waals surface area contributed by atoms with Gasteiger partial charge in [-0.1, -0.05) is 0 Å². The highest BCUT2D eigenvalue weighted by atomic mass is 16.3. The van der Waals surface area contributed by atoms with E-state index in [0.29, 0.717) is 18.9 Å². The smallest absolute Gasteiger partial charge is 0.223 e. The molecule has 1 N–H and O–H groups in total. The highest BCUT2D eigenvalue weighted by molar-refractivity contribution is 5.76. The highest BCUT2D eigenvalue weighted by Crippen LogP contribution is 2.19. The molecule has 1 amide bonds. The van der Waals surface area contributed by atoms with E-state index in [-0.39, 0.29) is 5.91 Å². The minimum absolute atomic E-state index is 0.224. The lowest BCUT2D eigenvalue weighted by Gasteiger charge is -2.21. The third-order valence-electron chi connectivity index (χ3n) is 5.04. The normalized spacial score (nSPS) is 17.4. The van der Waals surface area contributed by atoms with E-state index in [1.54, 1.807) is 0 Å². The molecule has 0 saturated carbocycles. The molecule has 6 nitrogen and oxygen atoms in total. The Labute approximate surface area is 161 Å². The topological polar surface area (TPSA) is 61.6 Å². The standard InChI is InChI=1S/C21H30N4O2/c1-16-6-8-19(27-16)9-11-21(26)25-13-4-5-17(12-14-25)23-18-7-10-20(22-15-18)24(2)3/h6-8,10,15,17,23H,4-5,9,11-14H2,1-3H3. The predicted molar refractivity (Wildman–Crippen MR) is 108 cm³/mol. The molecule has 3 rings (SSSR count). The third kappa shape index (κ3) is 5.49. The number of carbonyl (C=O) groups is 1. The lowest BCUT2D eigenvalue weighted by atomic mass is 10.1. The molecule has 3 heterocycles. The van der Waals surface area contributed by atoms with Crippen LogP contribution in [0.25, 0.3) is 0 Å². The number of aromatic nitrogens is 1. The number of likely N-dealkylation sites (tertiary alicyclic amines) is 1. The number of furan rings is 1. The van der Waals surface area contributed by atoms with Gasteiger partial charge in [0.1, 0.15) is 17.3 Å². The number of amides is 1. The summed E-state index contributed by atoms with van der Waals surface area (Å²) in [6, 6.07) is 8.37. The minimum Gasteiger partial charge on any atom is -0.466 e. The second-order valence-electron chi connectivity index (χ2n) is 7.46. The number of hydrogen-bond donors (Lipinski definition) is 1. The van der Waals surface area contributed by atoms with Gasteiger partial charge in [0, 0.05) is 46.1 Å². The Kier molecular flexibility index (Phi) is 6.37. The summed E-state index contributed by atoms with van der Waals surface area (Å²) in [4.78, 5) is 21.0. The first-order valence-electron chi connectivity index (χ1n) is 9.74. The second-order valence-corrected chi connectivity index (χ2v) is 7.46. The van der Waals surface area contributed by atoms with Crippen molar-refractivity contribution < 1.29 is 9.21 Å². The van der Waals surface area contributed by atoms with Crippen LogP contribution < -0.4 is 10.2 Å². The molecule has 1 aliphatic heterocycles. The van der Waals surface area contributed by atoms with Crippen LogP contribution in [-0.2, 0) is 11.2 Å². The van der Waals surface area contributed by atoms with Gasteiger partial charge in [-0.2, -0.15) is 0 Å². The largest absolute Gasteiger partial charge is 0.466 e. The molecule has 146 valence electrons. The lowest BCUT2D eigenvalue weighted by molar-refractivity contribution is -0.131. The molecule has 0 spiro atoms. The van der Waals surface area contributed by atoms with Crippen LogP contribution in [0.3, 0.4) is 0 Å². The van der Waals surface area contributed by atoms with Crippen LogP contribution in [0.5, 0.6) is 0 Å². The number of anilines is 2.